The molecule has 0 bridgehead atoms. The monoisotopic (exact) mass is 386 g/mol. The minimum atomic E-state index is -0.128. The van der Waals surface area contributed by atoms with Crippen LogP contribution in [-0.4, -0.2) is 45.5 Å². The first-order chi connectivity index (χ1) is 13.5. The number of carbonyl (C=O) groups excluding carboxylic acids is 1. The zero-order chi connectivity index (χ0) is 19.8. The van der Waals surface area contributed by atoms with Gasteiger partial charge in [-0.15, -0.1) is 0 Å². The van der Waals surface area contributed by atoms with Crippen LogP contribution in [0.3, 0.4) is 0 Å². The van der Waals surface area contributed by atoms with E-state index in [4.69, 9.17) is 18.9 Å². The number of fused-ring (bicyclic) bond motifs is 2. The highest BCUT2D eigenvalue weighted by Gasteiger charge is 2.38. The van der Waals surface area contributed by atoms with Gasteiger partial charge >= 0.3 is 0 Å². The number of ether oxygens (including phenoxy) is 4. The molecule has 0 radical (unpaired) electrons. The van der Waals surface area contributed by atoms with Crippen LogP contribution in [0.5, 0.6) is 28.7 Å². The van der Waals surface area contributed by atoms with Gasteiger partial charge in [0.2, 0.25) is 12.5 Å². The van der Waals surface area contributed by atoms with Crippen molar-refractivity contribution in [2.24, 2.45) is 0 Å². The third kappa shape index (κ3) is 3.01. The molecule has 0 saturated carbocycles. The first kappa shape index (κ1) is 18.4. The van der Waals surface area contributed by atoms with Crippen LogP contribution in [0.4, 0.5) is 0 Å². The Morgan fingerprint density at radius 3 is 2.79 bits per heavy atom. The van der Waals surface area contributed by atoms with E-state index in [-0.39, 0.29) is 30.8 Å². The SMILES string of the molecule is COc1ccc(C(=O)C[C@H]2c3c(cc4c(c3OC)OCO4)CC[NH+]2C)c(O)c1. The van der Waals surface area contributed by atoms with Crippen molar-refractivity contribution >= 4 is 5.78 Å². The normalized spacial score (nSPS) is 19.8. The summed E-state index contributed by atoms with van der Waals surface area (Å²) in [4.78, 5) is 14.2. The predicted molar refractivity (Wildman–Crippen MR) is 101 cm³/mol. The zero-order valence-corrected chi connectivity index (χ0v) is 16.2. The number of benzene rings is 2. The van der Waals surface area contributed by atoms with Gasteiger partial charge in [-0.1, -0.05) is 0 Å². The molecule has 2 aliphatic heterocycles. The Labute approximate surface area is 163 Å². The van der Waals surface area contributed by atoms with Crippen LogP contribution >= 0.6 is 0 Å². The van der Waals surface area contributed by atoms with Gasteiger partial charge in [0.25, 0.3) is 0 Å². The topological polar surface area (TPSA) is 78.7 Å². The molecule has 2 aromatic rings. The Balaban J connectivity index is 1.70. The maximum Gasteiger partial charge on any atom is 0.231 e. The maximum absolute atomic E-state index is 13.0. The average molecular weight is 386 g/mol. The molecule has 2 aromatic carbocycles. The molecule has 28 heavy (non-hydrogen) atoms. The van der Waals surface area contributed by atoms with E-state index >= 15 is 0 Å². The lowest BCUT2D eigenvalue weighted by atomic mass is 9.87. The van der Waals surface area contributed by atoms with Crippen molar-refractivity contribution in [1.29, 1.82) is 0 Å². The Kier molecular flexibility index (Phi) is 4.77. The number of carbonyl (C=O) groups is 1. The number of ketones is 1. The summed E-state index contributed by atoms with van der Waals surface area (Å²) in [5.74, 6) is 2.23. The molecule has 148 valence electrons. The van der Waals surface area contributed by atoms with Crippen LogP contribution in [0.25, 0.3) is 0 Å². The summed E-state index contributed by atoms with van der Waals surface area (Å²) in [6, 6.07) is 6.62. The molecule has 7 heteroatoms. The Morgan fingerprint density at radius 2 is 2.07 bits per heavy atom. The lowest BCUT2D eigenvalue weighted by Gasteiger charge is -2.32. The van der Waals surface area contributed by atoms with E-state index < -0.39 is 0 Å². The van der Waals surface area contributed by atoms with E-state index in [0.29, 0.717) is 28.6 Å². The molecule has 7 nitrogen and oxygen atoms in total. The first-order valence-electron chi connectivity index (χ1n) is 9.25. The fraction of sp³-hybridized carbons (Fsp3) is 0.381. The zero-order valence-electron chi connectivity index (χ0n) is 16.2. The number of nitrogens with one attached hydrogen (secondary N) is 1. The van der Waals surface area contributed by atoms with Crippen LogP contribution in [0.2, 0.25) is 0 Å². The largest absolute Gasteiger partial charge is 0.507 e. The van der Waals surface area contributed by atoms with Crippen LogP contribution < -0.4 is 23.8 Å². The molecule has 1 unspecified atom stereocenters. The van der Waals surface area contributed by atoms with E-state index in [1.165, 1.54) is 18.1 Å². The van der Waals surface area contributed by atoms with E-state index in [1.807, 2.05) is 6.07 Å². The second-order valence-corrected chi connectivity index (χ2v) is 7.13. The highest BCUT2D eigenvalue weighted by molar-refractivity contribution is 5.99. The van der Waals surface area contributed by atoms with E-state index in [1.54, 1.807) is 19.2 Å². The molecule has 0 aliphatic carbocycles. The van der Waals surface area contributed by atoms with Crippen molar-refractivity contribution in [1.82, 2.24) is 0 Å². The average Bonchev–Trinajstić information content (AvgIpc) is 3.16. The molecular formula is C21H24NO6+. The van der Waals surface area contributed by atoms with Crippen molar-refractivity contribution in [2.45, 2.75) is 18.9 Å². The summed E-state index contributed by atoms with van der Waals surface area (Å²) in [5, 5.41) is 10.2. The van der Waals surface area contributed by atoms with Gasteiger partial charge in [0, 0.05) is 12.5 Å². The van der Waals surface area contributed by atoms with Crippen LogP contribution in [0.1, 0.15) is 33.9 Å². The maximum atomic E-state index is 13.0. The first-order valence-corrected chi connectivity index (χ1v) is 9.25. The molecule has 2 atom stereocenters. The van der Waals surface area contributed by atoms with Gasteiger partial charge in [0.15, 0.2) is 17.3 Å². The Hall–Kier alpha value is -2.93. The summed E-state index contributed by atoms with van der Waals surface area (Å²) in [6.45, 7) is 1.06. The van der Waals surface area contributed by atoms with Gasteiger partial charge in [-0.2, -0.15) is 0 Å². The second-order valence-electron chi connectivity index (χ2n) is 7.13. The summed E-state index contributed by atoms with van der Waals surface area (Å²) >= 11 is 0. The van der Waals surface area contributed by atoms with Gasteiger partial charge in [-0.25, -0.2) is 0 Å². The number of methoxy groups -OCH3 is 2. The molecule has 0 saturated heterocycles. The summed E-state index contributed by atoms with van der Waals surface area (Å²) < 4.78 is 21.9. The molecule has 0 aromatic heterocycles. The van der Waals surface area contributed by atoms with Crippen molar-refractivity contribution in [2.75, 3.05) is 34.6 Å². The molecule has 0 amide bonds. The summed E-state index contributed by atoms with van der Waals surface area (Å²) in [6.07, 6.45) is 1.11. The number of rotatable bonds is 5. The fourth-order valence-electron chi connectivity index (χ4n) is 4.07. The summed E-state index contributed by atoms with van der Waals surface area (Å²) in [5.41, 5.74) is 2.39. The van der Waals surface area contributed by atoms with Gasteiger partial charge in [0.1, 0.15) is 17.5 Å². The number of phenolic OH excluding ortho intramolecular Hbond substituents is 1. The number of Topliss-reactive ketones (excluding diaryl/α,β-unsaturated/α-hetero) is 1. The third-order valence-corrected chi connectivity index (χ3v) is 5.57. The number of hydrogen-bond donors (Lipinski definition) is 2. The van der Waals surface area contributed by atoms with Crippen LogP contribution in [0, 0.1) is 0 Å². The third-order valence-electron chi connectivity index (χ3n) is 5.57. The second kappa shape index (κ2) is 7.24. The molecule has 0 spiro atoms. The van der Waals surface area contributed by atoms with Crippen molar-refractivity contribution in [3.8, 4) is 28.7 Å². The quantitative estimate of drug-likeness (QED) is 0.759. The molecule has 2 heterocycles. The summed E-state index contributed by atoms with van der Waals surface area (Å²) in [7, 11) is 5.19. The van der Waals surface area contributed by atoms with Crippen LogP contribution in [-0.2, 0) is 6.42 Å². The fourth-order valence-corrected chi connectivity index (χ4v) is 4.07. The molecule has 2 N–H and O–H groups in total. The van der Waals surface area contributed by atoms with Gasteiger partial charge in [-0.3, -0.25) is 4.79 Å². The van der Waals surface area contributed by atoms with Gasteiger partial charge in [-0.05, 0) is 23.8 Å². The van der Waals surface area contributed by atoms with Gasteiger partial charge in [0.05, 0.1) is 45.4 Å². The van der Waals surface area contributed by atoms with Crippen LogP contribution in [0.15, 0.2) is 24.3 Å². The van der Waals surface area contributed by atoms with Crippen molar-refractivity contribution in [3.63, 3.8) is 0 Å². The molecular weight excluding hydrogens is 362 g/mol. The predicted octanol–water partition coefficient (Wildman–Crippen LogP) is 1.52. The number of hydrogen-bond acceptors (Lipinski definition) is 6. The lowest BCUT2D eigenvalue weighted by Crippen LogP contribution is -3.10. The highest BCUT2D eigenvalue weighted by Crippen LogP contribution is 2.48. The van der Waals surface area contributed by atoms with Gasteiger partial charge < -0.3 is 29.0 Å². The highest BCUT2D eigenvalue weighted by atomic mass is 16.7. The van der Waals surface area contributed by atoms with Crippen molar-refractivity contribution < 1.29 is 33.7 Å². The van der Waals surface area contributed by atoms with E-state index in [0.717, 1.165) is 24.1 Å². The number of phenols is 1. The number of quaternary nitrogens is 1. The molecule has 0 fully saturated rings. The van der Waals surface area contributed by atoms with E-state index in [9.17, 15) is 9.90 Å². The van der Waals surface area contributed by atoms with E-state index in [2.05, 4.69) is 7.05 Å². The lowest BCUT2D eigenvalue weighted by molar-refractivity contribution is -0.913. The number of aromatic hydroxyl groups is 1. The Morgan fingerprint density at radius 1 is 1.25 bits per heavy atom. The molecule has 2 aliphatic rings. The molecule has 4 rings (SSSR count). The Bertz CT molecular complexity index is 926. The smallest absolute Gasteiger partial charge is 0.231 e. The minimum absolute atomic E-state index is 0.0734. The minimum Gasteiger partial charge on any atom is -0.507 e. The number of likely N-dealkylation sites (N-methyl/N-ethyl adjacent to an activating group) is 1. The standard InChI is InChI=1S/C21H23NO6/c1-22-7-6-12-8-18-20(28-11-27-18)21(26-3)19(12)15(22)10-17(24)14-5-4-13(25-2)9-16(14)23/h4-5,8-9,15,23H,6-7,10-11H2,1-3H3/p+1/t15-/m0/s1. The van der Waals surface area contributed by atoms with Crippen molar-refractivity contribution in [3.05, 3.63) is 41.0 Å².